The van der Waals surface area contributed by atoms with Crippen molar-refractivity contribution in [2.45, 2.75) is 12.8 Å². The van der Waals surface area contributed by atoms with Crippen LogP contribution in [0, 0.1) is 0 Å². The number of hydrogen-bond donors (Lipinski definition) is 1. The highest BCUT2D eigenvalue weighted by atomic mass is 35.5. The maximum atomic E-state index is 11.9. The zero-order chi connectivity index (χ0) is 21.1. The normalized spacial score (nSPS) is 11.1. The zero-order valence-corrected chi connectivity index (χ0v) is 18.0. The van der Waals surface area contributed by atoms with Crippen molar-refractivity contribution in [2.75, 3.05) is 40.9 Å². The number of methoxy groups -OCH3 is 2. The molecule has 0 aliphatic carbocycles. The van der Waals surface area contributed by atoms with E-state index in [0.717, 1.165) is 43.0 Å². The molecule has 29 heavy (non-hydrogen) atoms. The Hall–Kier alpha value is -2.50. The molecule has 0 unspecified atom stereocenters. The average Bonchev–Trinajstić information content (AvgIpc) is 2.74. The van der Waals surface area contributed by atoms with Crippen molar-refractivity contribution in [3.63, 3.8) is 0 Å². The predicted molar refractivity (Wildman–Crippen MR) is 119 cm³/mol. The van der Waals surface area contributed by atoms with Crippen LogP contribution in [0.15, 0.2) is 48.5 Å². The summed E-state index contributed by atoms with van der Waals surface area (Å²) in [6, 6.07) is 13.4. The van der Waals surface area contributed by atoms with E-state index in [1.165, 1.54) is 5.56 Å². The van der Waals surface area contributed by atoms with E-state index in [-0.39, 0.29) is 5.91 Å². The fraction of sp³-hybridized carbons (Fsp3) is 0.348. The average molecular weight is 417 g/mol. The fourth-order valence-corrected chi connectivity index (χ4v) is 2.96. The molecule has 0 radical (unpaired) electrons. The van der Waals surface area contributed by atoms with Crippen molar-refractivity contribution in [3.8, 4) is 11.5 Å². The standard InChI is InChI=1S/C23H29ClN2O3/c1-26(16-13-19-7-11-21(28-2)22(17-19)29-3)15-4-14-25-23(27)12-8-18-5-9-20(24)10-6-18/h5-12,17H,4,13-16H2,1-3H3,(H,25,27). The van der Waals surface area contributed by atoms with Crippen molar-refractivity contribution >= 4 is 23.6 Å². The first-order valence-corrected chi connectivity index (χ1v) is 10.0. The Morgan fingerprint density at radius 2 is 1.79 bits per heavy atom. The van der Waals surface area contributed by atoms with Crippen LogP contribution in [0.4, 0.5) is 0 Å². The van der Waals surface area contributed by atoms with Gasteiger partial charge in [-0.2, -0.15) is 0 Å². The number of carbonyl (C=O) groups excluding carboxylic acids is 1. The number of amides is 1. The van der Waals surface area contributed by atoms with Crippen molar-refractivity contribution in [1.82, 2.24) is 10.2 Å². The van der Waals surface area contributed by atoms with Gasteiger partial charge in [0.2, 0.25) is 5.91 Å². The Bertz CT molecular complexity index is 806. The first-order valence-electron chi connectivity index (χ1n) is 9.62. The molecular formula is C23H29ClN2O3. The second-order valence-corrected chi connectivity index (χ2v) is 7.21. The minimum Gasteiger partial charge on any atom is -0.493 e. The van der Waals surface area contributed by atoms with Gasteiger partial charge in [-0.3, -0.25) is 4.79 Å². The molecule has 2 aromatic rings. The molecule has 0 aromatic heterocycles. The molecule has 1 N–H and O–H groups in total. The van der Waals surface area contributed by atoms with Crippen LogP contribution in [0.2, 0.25) is 5.02 Å². The highest BCUT2D eigenvalue weighted by Crippen LogP contribution is 2.27. The number of carbonyl (C=O) groups is 1. The van der Waals surface area contributed by atoms with Crippen LogP contribution in [0.1, 0.15) is 17.5 Å². The number of ether oxygens (including phenoxy) is 2. The lowest BCUT2D eigenvalue weighted by Gasteiger charge is -2.17. The van der Waals surface area contributed by atoms with E-state index in [0.29, 0.717) is 11.6 Å². The van der Waals surface area contributed by atoms with E-state index in [2.05, 4.69) is 23.3 Å². The maximum Gasteiger partial charge on any atom is 0.243 e. The topological polar surface area (TPSA) is 50.8 Å². The minimum atomic E-state index is -0.0899. The maximum absolute atomic E-state index is 11.9. The van der Waals surface area contributed by atoms with Crippen molar-refractivity contribution in [3.05, 3.63) is 64.7 Å². The molecule has 0 aliphatic heterocycles. The van der Waals surface area contributed by atoms with Crippen LogP contribution in [0.3, 0.4) is 0 Å². The van der Waals surface area contributed by atoms with Crippen LogP contribution < -0.4 is 14.8 Å². The number of nitrogens with one attached hydrogen (secondary N) is 1. The summed E-state index contributed by atoms with van der Waals surface area (Å²) in [5.41, 5.74) is 2.15. The summed E-state index contributed by atoms with van der Waals surface area (Å²) >= 11 is 5.85. The lowest BCUT2D eigenvalue weighted by atomic mass is 10.1. The van der Waals surface area contributed by atoms with Gasteiger partial charge in [0, 0.05) is 24.2 Å². The molecule has 0 bridgehead atoms. The van der Waals surface area contributed by atoms with Crippen LogP contribution in [-0.2, 0) is 11.2 Å². The van der Waals surface area contributed by atoms with Crippen molar-refractivity contribution < 1.29 is 14.3 Å². The van der Waals surface area contributed by atoms with Gasteiger partial charge in [-0.05, 0) is 67.9 Å². The summed E-state index contributed by atoms with van der Waals surface area (Å²) in [7, 11) is 5.37. The third-order valence-corrected chi connectivity index (χ3v) is 4.80. The number of halogens is 1. The smallest absolute Gasteiger partial charge is 0.243 e. The SMILES string of the molecule is COc1ccc(CCN(C)CCCNC(=O)C=Cc2ccc(Cl)cc2)cc1OC. The second kappa shape index (κ2) is 12.1. The molecule has 0 heterocycles. The van der Waals surface area contributed by atoms with Gasteiger partial charge in [-0.1, -0.05) is 29.8 Å². The van der Waals surface area contributed by atoms with Crippen molar-refractivity contribution in [1.29, 1.82) is 0 Å². The lowest BCUT2D eigenvalue weighted by molar-refractivity contribution is -0.116. The van der Waals surface area contributed by atoms with E-state index in [4.69, 9.17) is 21.1 Å². The van der Waals surface area contributed by atoms with Gasteiger partial charge in [0.15, 0.2) is 11.5 Å². The number of rotatable bonds is 11. The van der Waals surface area contributed by atoms with E-state index >= 15 is 0 Å². The molecule has 0 aliphatic rings. The minimum absolute atomic E-state index is 0.0899. The second-order valence-electron chi connectivity index (χ2n) is 6.77. The molecule has 0 spiro atoms. The van der Waals surface area contributed by atoms with Crippen LogP contribution >= 0.6 is 11.6 Å². The molecule has 0 atom stereocenters. The molecule has 0 fully saturated rings. The largest absolute Gasteiger partial charge is 0.493 e. The summed E-state index contributed by atoms with van der Waals surface area (Å²) in [6.07, 6.45) is 5.14. The first kappa shape index (κ1) is 22.8. The lowest BCUT2D eigenvalue weighted by Crippen LogP contribution is -2.28. The van der Waals surface area contributed by atoms with Crippen LogP contribution in [0.25, 0.3) is 6.08 Å². The monoisotopic (exact) mass is 416 g/mol. The Labute approximate surface area is 178 Å². The molecule has 156 valence electrons. The van der Waals surface area contributed by atoms with Gasteiger partial charge in [-0.15, -0.1) is 0 Å². The Kier molecular flexibility index (Phi) is 9.54. The van der Waals surface area contributed by atoms with E-state index in [1.807, 2.05) is 24.3 Å². The molecule has 2 aromatic carbocycles. The third kappa shape index (κ3) is 8.18. The molecule has 1 amide bonds. The van der Waals surface area contributed by atoms with E-state index < -0.39 is 0 Å². The molecule has 5 nitrogen and oxygen atoms in total. The Balaban J connectivity index is 1.64. The van der Waals surface area contributed by atoms with Gasteiger partial charge in [-0.25, -0.2) is 0 Å². The van der Waals surface area contributed by atoms with E-state index in [1.54, 1.807) is 38.5 Å². The number of nitrogens with zero attached hydrogens (tertiary/aromatic N) is 1. The molecule has 2 rings (SSSR count). The molecule has 0 saturated heterocycles. The third-order valence-electron chi connectivity index (χ3n) is 4.54. The Morgan fingerprint density at radius 1 is 1.07 bits per heavy atom. The van der Waals surface area contributed by atoms with Crippen LogP contribution in [-0.4, -0.2) is 51.7 Å². The highest BCUT2D eigenvalue weighted by Gasteiger charge is 2.06. The van der Waals surface area contributed by atoms with E-state index in [9.17, 15) is 4.79 Å². The fourth-order valence-electron chi connectivity index (χ4n) is 2.83. The predicted octanol–water partition coefficient (Wildman–Crippen LogP) is 4.05. The first-order chi connectivity index (χ1) is 14.0. The molecule has 6 heteroatoms. The zero-order valence-electron chi connectivity index (χ0n) is 17.3. The summed E-state index contributed by atoms with van der Waals surface area (Å²) in [6.45, 7) is 2.48. The van der Waals surface area contributed by atoms with Gasteiger partial charge in [0.05, 0.1) is 14.2 Å². The molecular weight excluding hydrogens is 388 g/mol. The number of hydrogen-bond acceptors (Lipinski definition) is 4. The Morgan fingerprint density at radius 3 is 2.48 bits per heavy atom. The highest BCUT2D eigenvalue weighted by molar-refractivity contribution is 6.30. The summed E-state index contributed by atoms with van der Waals surface area (Å²) in [5, 5.41) is 3.59. The van der Waals surface area contributed by atoms with Gasteiger partial charge in [0.25, 0.3) is 0 Å². The van der Waals surface area contributed by atoms with Crippen molar-refractivity contribution in [2.24, 2.45) is 0 Å². The number of benzene rings is 2. The van der Waals surface area contributed by atoms with Gasteiger partial charge < -0.3 is 19.7 Å². The van der Waals surface area contributed by atoms with Gasteiger partial charge >= 0.3 is 0 Å². The quantitative estimate of drug-likeness (QED) is 0.443. The number of likely N-dealkylation sites (N-methyl/N-ethyl adjacent to an activating group) is 1. The molecule has 0 saturated carbocycles. The van der Waals surface area contributed by atoms with Gasteiger partial charge in [0.1, 0.15) is 0 Å². The van der Waals surface area contributed by atoms with Crippen LogP contribution in [0.5, 0.6) is 11.5 Å². The summed E-state index contributed by atoms with van der Waals surface area (Å²) in [5.74, 6) is 1.40. The summed E-state index contributed by atoms with van der Waals surface area (Å²) in [4.78, 5) is 14.1. The summed E-state index contributed by atoms with van der Waals surface area (Å²) < 4.78 is 10.6.